The van der Waals surface area contributed by atoms with Crippen LogP contribution in [0.5, 0.6) is 0 Å². The summed E-state index contributed by atoms with van der Waals surface area (Å²) >= 11 is 0. The first-order valence-corrected chi connectivity index (χ1v) is 7.51. The van der Waals surface area contributed by atoms with Crippen LogP contribution in [0, 0.1) is 5.41 Å². The molecule has 0 aliphatic carbocycles. The molecule has 0 saturated carbocycles. The lowest BCUT2D eigenvalue weighted by Gasteiger charge is -2.21. The van der Waals surface area contributed by atoms with E-state index >= 15 is 0 Å². The molecule has 0 spiro atoms. The van der Waals surface area contributed by atoms with Crippen molar-refractivity contribution in [1.29, 1.82) is 0 Å². The molecule has 3 N–H and O–H groups in total. The maximum absolute atomic E-state index is 11.8. The second-order valence-corrected chi connectivity index (χ2v) is 6.49. The molecule has 1 rings (SSSR count). The van der Waals surface area contributed by atoms with Gasteiger partial charge in [-0.25, -0.2) is 13.1 Å². The molecule has 7 heteroatoms. The summed E-state index contributed by atoms with van der Waals surface area (Å²) in [7, 11) is -3.25. The van der Waals surface area contributed by atoms with Crippen molar-refractivity contribution in [1.82, 2.24) is 15.4 Å². The number of hydrogen-bond acceptors (Lipinski definition) is 4. The van der Waals surface area contributed by atoms with Crippen molar-refractivity contribution in [3.63, 3.8) is 0 Å². The summed E-state index contributed by atoms with van der Waals surface area (Å²) in [6, 6.07) is 0. The highest BCUT2D eigenvalue weighted by molar-refractivity contribution is 7.89. The zero-order valence-corrected chi connectivity index (χ0v) is 11.2. The molecular formula is C10H21N3O3S. The number of nitrogens with one attached hydrogen (secondary N) is 3. The molecule has 0 aromatic rings. The number of sulfonamides is 1. The van der Waals surface area contributed by atoms with Crippen LogP contribution in [0.4, 0.5) is 0 Å². The van der Waals surface area contributed by atoms with Crippen LogP contribution in [-0.4, -0.2) is 46.3 Å². The molecule has 1 saturated heterocycles. The standard InChI is InChI=1S/C10H21N3O3S/c1-3-13-17(15,16)7-6-12-9(14)10(2)4-5-11-8-10/h11,13H,3-8H2,1-2H3,(H,12,14). The molecule has 1 amide bonds. The molecule has 1 atom stereocenters. The van der Waals surface area contributed by atoms with Crippen LogP contribution in [0.1, 0.15) is 20.3 Å². The number of rotatable bonds is 6. The zero-order valence-electron chi connectivity index (χ0n) is 10.4. The van der Waals surface area contributed by atoms with E-state index in [1.807, 2.05) is 6.92 Å². The van der Waals surface area contributed by atoms with E-state index in [0.717, 1.165) is 13.0 Å². The van der Waals surface area contributed by atoms with Gasteiger partial charge in [-0.2, -0.15) is 0 Å². The van der Waals surface area contributed by atoms with Crippen LogP contribution in [0.2, 0.25) is 0 Å². The molecule has 1 fully saturated rings. The summed E-state index contributed by atoms with van der Waals surface area (Å²) in [6.07, 6.45) is 0.790. The lowest BCUT2D eigenvalue weighted by molar-refractivity contribution is -0.129. The second-order valence-electron chi connectivity index (χ2n) is 4.56. The molecule has 1 unspecified atom stereocenters. The summed E-state index contributed by atoms with van der Waals surface area (Å²) in [4.78, 5) is 11.8. The van der Waals surface area contributed by atoms with Gasteiger partial charge in [0.25, 0.3) is 0 Å². The van der Waals surface area contributed by atoms with Crippen LogP contribution >= 0.6 is 0 Å². The number of carbonyl (C=O) groups excluding carboxylic acids is 1. The van der Waals surface area contributed by atoms with E-state index < -0.39 is 15.4 Å². The normalized spacial score (nSPS) is 24.8. The highest BCUT2D eigenvalue weighted by atomic mass is 32.2. The summed E-state index contributed by atoms with van der Waals surface area (Å²) in [5, 5.41) is 5.81. The second kappa shape index (κ2) is 5.79. The molecule has 1 heterocycles. The first-order valence-electron chi connectivity index (χ1n) is 5.86. The van der Waals surface area contributed by atoms with Crippen LogP contribution in [0.3, 0.4) is 0 Å². The Hall–Kier alpha value is -0.660. The largest absolute Gasteiger partial charge is 0.355 e. The van der Waals surface area contributed by atoms with E-state index in [2.05, 4.69) is 15.4 Å². The third-order valence-electron chi connectivity index (χ3n) is 2.94. The van der Waals surface area contributed by atoms with Crippen LogP contribution in [0.15, 0.2) is 0 Å². The van der Waals surface area contributed by atoms with Crippen molar-refractivity contribution in [2.45, 2.75) is 20.3 Å². The Morgan fingerprint density at radius 1 is 1.47 bits per heavy atom. The van der Waals surface area contributed by atoms with E-state index in [-0.39, 0.29) is 18.2 Å². The van der Waals surface area contributed by atoms with Crippen LogP contribution < -0.4 is 15.4 Å². The summed E-state index contributed by atoms with van der Waals surface area (Å²) in [5.41, 5.74) is -0.401. The molecule has 0 aromatic carbocycles. The van der Waals surface area contributed by atoms with Gasteiger partial charge in [-0.3, -0.25) is 4.79 Å². The minimum atomic E-state index is -3.25. The van der Waals surface area contributed by atoms with E-state index in [1.165, 1.54) is 0 Å². The van der Waals surface area contributed by atoms with Gasteiger partial charge in [0, 0.05) is 19.6 Å². The van der Waals surface area contributed by atoms with E-state index in [1.54, 1.807) is 6.92 Å². The zero-order chi connectivity index (χ0) is 12.9. The van der Waals surface area contributed by atoms with Gasteiger partial charge in [0.05, 0.1) is 11.2 Å². The van der Waals surface area contributed by atoms with Crippen LogP contribution in [0.25, 0.3) is 0 Å². The quantitative estimate of drug-likeness (QED) is 0.576. The van der Waals surface area contributed by atoms with Crippen molar-refractivity contribution >= 4 is 15.9 Å². The Labute approximate surface area is 103 Å². The van der Waals surface area contributed by atoms with Crippen molar-refractivity contribution < 1.29 is 13.2 Å². The fourth-order valence-corrected chi connectivity index (χ4v) is 2.77. The fourth-order valence-electron chi connectivity index (χ4n) is 1.82. The van der Waals surface area contributed by atoms with Gasteiger partial charge in [-0.05, 0) is 19.9 Å². The Balaban J connectivity index is 2.34. The maximum atomic E-state index is 11.8. The molecule has 1 aliphatic rings. The van der Waals surface area contributed by atoms with Crippen molar-refractivity contribution in [3.8, 4) is 0 Å². The van der Waals surface area contributed by atoms with E-state index in [0.29, 0.717) is 13.1 Å². The number of amides is 1. The molecule has 100 valence electrons. The Bertz CT molecular complexity index is 361. The van der Waals surface area contributed by atoms with Gasteiger partial charge in [0.1, 0.15) is 0 Å². The topological polar surface area (TPSA) is 87.3 Å². The van der Waals surface area contributed by atoms with Crippen molar-refractivity contribution in [2.24, 2.45) is 5.41 Å². The maximum Gasteiger partial charge on any atom is 0.227 e. The average Bonchev–Trinajstić information content (AvgIpc) is 2.66. The molecule has 0 bridgehead atoms. The van der Waals surface area contributed by atoms with Crippen LogP contribution in [-0.2, 0) is 14.8 Å². The van der Waals surface area contributed by atoms with E-state index in [9.17, 15) is 13.2 Å². The first kappa shape index (κ1) is 14.4. The van der Waals surface area contributed by atoms with Gasteiger partial charge in [-0.1, -0.05) is 6.92 Å². The molecular weight excluding hydrogens is 242 g/mol. The molecule has 17 heavy (non-hydrogen) atoms. The smallest absolute Gasteiger partial charge is 0.227 e. The van der Waals surface area contributed by atoms with Crippen molar-refractivity contribution in [3.05, 3.63) is 0 Å². The van der Waals surface area contributed by atoms with Gasteiger partial charge >= 0.3 is 0 Å². The summed E-state index contributed by atoms with van der Waals surface area (Å²) in [6.45, 7) is 5.63. The fraction of sp³-hybridized carbons (Fsp3) is 0.900. The molecule has 0 radical (unpaired) electrons. The monoisotopic (exact) mass is 263 g/mol. The van der Waals surface area contributed by atoms with Gasteiger partial charge < -0.3 is 10.6 Å². The predicted octanol–water partition coefficient (Wildman–Crippen LogP) is -0.958. The number of carbonyl (C=O) groups is 1. The number of hydrogen-bond donors (Lipinski definition) is 3. The van der Waals surface area contributed by atoms with Gasteiger partial charge in [-0.15, -0.1) is 0 Å². The molecule has 0 aromatic heterocycles. The minimum Gasteiger partial charge on any atom is -0.355 e. The highest BCUT2D eigenvalue weighted by Gasteiger charge is 2.35. The predicted molar refractivity (Wildman–Crippen MR) is 66.1 cm³/mol. The lowest BCUT2D eigenvalue weighted by atomic mass is 9.89. The summed E-state index contributed by atoms with van der Waals surface area (Å²) in [5.74, 6) is -0.148. The average molecular weight is 263 g/mol. The molecule has 1 aliphatic heterocycles. The van der Waals surface area contributed by atoms with E-state index in [4.69, 9.17) is 0 Å². The van der Waals surface area contributed by atoms with Gasteiger partial charge in [0.2, 0.25) is 15.9 Å². The third-order valence-corrected chi connectivity index (χ3v) is 4.41. The SMILES string of the molecule is CCNS(=O)(=O)CCNC(=O)C1(C)CCNC1. The summed E-state index contributed by atoms with van der Waals surface area (Å²) < 4.78 is 25.1. The van der Waals surface area contributed by atoms with Gasteiger partial charge in [0.15, 0.2) is 0 Å². The minimum absolute atomic E-state index is 0.0733. The Kier molecular flexibility index (Phi) is 4.91. The lowest BCUT2D eigenvalue weighted by Crippen LogP contribution is -2.43. The van der Waals surface area contributed by atoms with Crippen molar-refractivity contribution in [2.75, 3.05) is 31.9 Å². The highest BCUT2D eigenvalue weighted by Crippen LogP contribution is 2.24. The Morgan fingerprint density at radius 3 is 2.71 bits per heavy atom. The third kappa shape index (κ3) is 4.25. The Morgan fingerprint density at radius 2 is 2.18 bits per heavy atom. The molecule has 6 nitrogen and oxygen atoms in total. The first-order chi connectivity index (χ1) is 7.90.